The molecule has 4 nitrogen and oxygen atoms in total. The number of aryl methyl sites for hydroxylation is 1. The average molecular weight is 279 g/mol. The SMILES string of the molecule is Cc1ccccc1NCc1nnc(Cc2ccccc2)o1. The number of hydrogen-bond donors (Lipinski definition) is 1. The molecule has 1 heterocycles. The first-order valence-electron chi connectivity index (χ1n) is 6.96. The van der Waals surface area contributed by atoms with Crippen LogP contribution in [-0.2, 0) is 13.0 Å². The third kappa shape index (κ3) is 3.48. The molecule has 1 N–H and O–H groups in total. The predicted molar refractivity (Wildman–Crippen MR) is 82.1 cm³/mol. The van der Waals surface area contributed by atoms with Crippen molar-refractivity contribution in [2.45, 2.75) is 19.9 Å². The van der Waals surface area contributed by atoms with Gasteiger partial charge in [0.2, 0.25) is 11.8 Å². The first-order chi connectivity index (χ1) is 10.3. The van der Waals surface area contributed by atoms with Crippen LogP contribution in [-0.4, -0.2) is 10.2 Å². The van der Waals surface area contributed by atoms with Gasteiger partial charge in [-0.05, 0) is 24.1 Å². The fourth-order valence-corrected chi connectivity index (χ4v) is 2.14. The minimum atomic E-state index is 0.534. The maximum absolute atomic E-state index is 5.66. The Labute approximate surface area is 123 Å². The van der Waals surface area contributed by atoms with E-state index in [-0.39, 0.29) is 0 Å². The summed E-state index contributed by atoms with van der Waals surface area (Å²) < 4.78 is 5.66. The molecule has 0 aliphatic heterocycles. The molecule has 0 unspecified atom stereocenters. The van der Waals surface area contributed by atoms with Crippen LogP contribution in [0, 0.1) is 6.92 Å². The van der Waals surface area contributed by atoms with Crippen molar-refractivity contribution in [1.29, 1.82) is 0 Å². The Kier molecular flexibility index (Phi) is 3.96. The van der Waals surface area contributed by atoms with Gasteiger partial charge >= 0.3 is 0 Å². The molecule has 0 bridgehead atoms. The molecule has 1 aromatic heterocycles. The van der Waals surface area contributed by atoms with Gasteiger partial charge in [0, 0.05) is 5.69 Å². The van der Waals surface area contributed by atoms with Crippen LogP contribution in [0.3, 0.4) is 0 Å². The summed E-state index contributed by atoms with van der Waals surface area (Å²) in [7, 11) is 0. The summed E-state index contributed by atoms with van der Waals surface area (Å²) in [6.45, 7) is 2.60. The Morgan fingerprint density at radius 3 is 2.43 bits per heavy atom. The Morgan fingerprint density at radius 1 is 0.905 bits per heavy atom. The fraction of sp³-hybridized carbons (Fsp3) is 0.176. The highest BCUT2D eigenvalue weighted by Crippen LogP contribution is 2.15. The molecule has 2 aromatic carbocycles. The van der Waals surface area contributed by atoms with Crippen LogP contribution >= 0.6 is 0 Å². The van der Waals surface area contributed by atoms with E-state index in [1.54, 1.807) is 0 Å². The van der Waals surface area contributed by atoms with E-state index in [4.69, 9.17) is 4.42 Å². The minimum absolute atomic E-state index is 0.534. The van der Waals surface area contributed by atoms with E-state index in [1.807, 2.05) is 36.4 Å². The van der Waals surface area contributed by atoms with E-state index >= 15 is 0 Å². The van der Waals surface area contributed by atoms with Crippen molar-refractivity contribution >= 4 is 5.69 Å². The second kappa shape index (κ2) is 6.22. The van der Waals surface area contributed by atoms with Crippen molar-refractivity contribution < 1.29 is 4.42 Å². The van der Waals surface area contributed by atoms with Crippen molar-refractivity contribution in [3.8, 4) is 0 Å². The van der Waals surface area contributed by atoms with E-state index in [2.05, 4.69) is 40.6 Å². The third-order valence-corrected chi connectivity index (χ3v) is 3.28. The highest BCUT2D eigenvalue weighted by Gasteiger charge is 2.07. The molecule has 0 saturated carbocycles. The average Bonchev–Trinajstić information content (AvgIpc) is 2.95. The maximum atomic E-state index is 5.66. The summed E-state index contributed by atoms with van der Waals surface area (Å²) in [5, 5.41) is 11.5. The van der Waals surface area contributed by atoms with Gasteiger partial charge in [0.25, 0.3) is 0 Å². The first kappa shape index (κ1) is 13.4. The molecule has 0 radical (unpaired) electrons. The molecule has 0 aliphatic rings. The van der Waals surface area contributed by atoms with Gasteiger partial charge in [-0.25, -0.2) is 0 Å². The zero-order valence-corrected chi connectivity index (χ0v) is 11.9. The molecule has 0 atom stereocenters. The number of nitrogens with one attached hydrogen (secondary N) is 1. The lowest BCUT2D eigenvalue weighted by atomic mass is 10.2. The number of hydrogen-bond acceptors (Lipinski definition) is 4. The van der Waals surface area contributed by atoms with E-state index in [0.29, 0.717) is 24.7 Å². The quantitative estimate of drug-likeness (QED) is 0.775. The van der Waals surface area contributed by atoms with Crippen LogP contribution < -0.4 is 5.32 Å². The Bertz CT molecular complexity index is 707. The smallest absolute Gasteiger partial charge is 0.235 e. The Balaban J connectivity index is 1.62. The minimum Gasteiger partial charge on any atom is -0.423 e. The zero-order chi connectivity index (χ0) is 14.5. The molecule has 0 spiro atoms. The van der Waals surface area contributed by atoms with Crippen LogP contribution in [0.2, 0.25) is 0 Å². The first-order valence-corrected chi connectivity index (χ1v) is 6.96. The van der Waals surface area contributed by atoms with Crippen molar-refractivity contribution in [2.75, 3.05) is 5.32 Å². The molecule has 0 saturated heterocycles. The highest BCUT2D eigenvalue weighted by molar-refractivity contribution is 5.50. The number of anilines is 1. The van der Waals surface area contributed by atoms with Crippen molar-refractivity contribution in [2.24, 2.45) is 0 Å². The van der Waals surface area contributed by atoms with E-state index in [9.17, 15) is 0 Å². The van der Waals surface area contributed by atoms with Gasteiger partial charge in [-0.2, -0.15) is 0 Å². The predicted octanol–water partition coefficient (Wildman–Crippen LogP) is 3.58. The maximum Gasteiger partial charge on any atom is 0.235 e. The van der Waals surface area contributed by atoms with E-state index in [0.717, 1.165) is 5.69 Å². The largest absolute Gasteiger partial charge is 0.423 e. The molecule has 3 aromatic rings. The fourth-order valence-electron chi connectivity index (χ4n) is 2.14. The highest BCUT2D eigenvalue weighted by atomic mass is 16.4. The Hall–Kier alpha value is -2.62. The molecule has 0 fully saturated rings. The van der Waals surface area contributed by atoms with Gasteiger partial charge in [-0.1, -0.05) is 48.5 Å². The van der Waals surface area contributed by atoms with Gasteiger partial charge in [0.05, 0.1) is 13.0 Å². The molecular weight excluding hydrogens is 262 g/mol. The topological polar surface area (TPSA) is 51.0 Å². The second-order valence-corrected chi connectivity index (χ2v) is 4.92. The molecule has 0 aliphatic carbocycles. The summed E-state index contributed by atoms with van der Waals surface area (Å²) in [6, 6.07) is 18.2. The third-order valence-electron chi connectivity index (χ3n) is 3.28. The van der Waals surface area contributed by atoms with Gasteiger partial charge in [-0.15, -0.1) is 10.2 Å². The van der Waals surface area contributed by atoms with Crippen LogP contribution in [0.25, 0.3) is 0 Å². The van der Waals surface area contributed by atoms with E-state index in [1.165, 1.54) is 11.1 Å². The lowest BCUT2D eigenvalue weighted by Crippen LogP contribution is -2.01. The van der Waals surface area contributed by atoms with Crippen molar-refractivity contribution in [3.63, 3.8) is 0 Å². The van der Waals surface area contributed by atoms with Crippen molar-refractivity contribution in [3.05, 3.63) is 77.5 Å². The van der Waals surface area contributed by atoms with Gasteiger partial charge in [0.15, 0.2) is 0 Å². The Morgan fingerprint density at radius 2 is 1.62 bits per heavy atom. The molecule has 0 amide bonds. The summed E-state index contributed by atoms with van der Waals surface area (Å²) >= 11 is 0. The lowest BCUT2D eigenvalue weighted by molar-refractivity contribution is 0.464. The zero-order valence-electron chi connectivity index (χ0n) is 11.9. The van der Waals surface area contributed by atoms with Crippen LogP contribution in [0.4, 0.5) is 5.69 Å². The van der Waals surface area contributed by atoms with Gasteiger partial charge in [-0.3, -0.25) is 0 Å². The monoisotopic (exact) mass is 279 g/mol. The summed E-state index contributed by atoms with van der Waals surface area (Å²) in [5.74, 6) is 1.24. The second-order valence-electron chi connectivity index (χ2n) is 4.92. The number of para-hydroxylation sites is 1. The van der Waals surface area contributed by atoms with Crippen molar-refractivity contribution in [1.82, 2.24) is 10.2 Å². The number of benzene rings is 2. The van der Waals surface area contributed by atoms with Crippen LogP contribution in [0.1, 0.15) is 22.9 Å². The molecule has 106 valence electrons. The van der Waals surface area contributed by atoms with Crippen LogP contribution in [0.5, 0.6) is 0 Å². The number of aromatic nitrogens is 2. The normalized spacial score (nSPS) is 10.5. The van der Waals surface area contributed by atoms with Gasteiger partial charge in [0.1, 0.15) is 0 Å². The van der Waals surface area contributed by atoms with Gasteiger partial charge < -0.3 is 9.73 Å². The molecule has 21 heavy (non-hydrogen) atoms. The number of nitrogens with zero attached hydrogens (tertiary/aromatic N) is 2. The lowest BCUT2D eigenvalue weighted by Gasteiger charge is -2.06. The summed E-state index contributed by atoms with van der Waals surface area (Å²) in [6.07, 6.45) is 0.665. The van der Waals surface area contributed by atoms with E-state index < -0.39 is 0 Å². The molecule has 3 rings (SSSR count). The van der Waals surface area contributed by atoms with Crippen LogP contribution in [0.15, 0.2) is 59.0 Å². The number of rotatable bonds is 5. The molecular formula is C17H17N3O. The summed E-state index contributed by atoms with van der Waals surface area (Å²) in [4.78, 5) is 0. The molecule has 4 heteroatoms. The standard InChI is InChI=1S/C17H17N3O/c1-13-7-5-6-10-15(13)18-12-17-20-19-16(21-17)11-14-8-3-2-4-9-14/h2-10,18H,11-12H2,1H3. The summed E-state index contributed by atoms with van der Waals surface area (Å²) in [5.41, 5.74) is 3.45.